The van der Waals surface area contributed by atoms with Gasteiger partial charge >= 0.3 is 0 Å². The molecule has 2 heterocycles. The van der Waals surface area contributed by atoms with E-state index in [-0.39, 0.29) is 54.8 Å². The van der Waals surface area contributed by atoms with Crippen molar-refractivity contribution < 1.29 is 30.0 Å². The number of benzene rings is 1. The second-order valence-corrected chi connectivity index (χ2v) is 12.8. The Balaban J connectivity index is 1.74. The summed E-state index contributed by atoms with van der Waals surface area (Å²) in [6.45, 7) is 3.01. The molecule has 2 aliphatic heterocycles. The van der Waals surface area contributed by atoms with Crippen molar-refractivity contribution in [3.05, 3.63) is 24.3 Å². The van der Waals surface area contributed by atoms with Gasteiger partial charge in [0.05, 0.1) is 28.8 Å². The third-order valence-corrected chi connectivity index (χ3v) is 10.7. The number of hydrogen-bond donors (Lipinski definition) is 0. The Bertz CT molecular complexity index is 1020. The maximum atomic E-state index is 12.9. The molecule has 13 heteroatoms. The van der Waals surface area contributed by atoms with Crippen LogP contribution in [0, 0.1) is 0 Å². The zero-order valence-electron chi connectivity index (χ0n) is 16.1. The molecule has 0 atom stereocenters. The maximum absolute atomic E-state index is 12.9. The van der Waals surface area contributed by atoms with Crippen molar-refractivity contribution in [1.29, 1.82) is 0 Å². The molecular formula is C16H25N3O7S3. The summed E-state index contributed by atoms with van der Waals surface area (Å²) in [7, 11) is -10.9. The fourth-order valence-corrected chi connectivity index (χ4v) is 7.15. The lowest BCUT2D eigenvalue weighted by atomic mass is 10.4. The standard InChI is InChI=1S/C16H25N3O7S3/c1-2-27(20,21)17-7-9-18(10-8-17)28(22,23)15-3-5-16(6-4-15)29(24,25)19-11-13-26-14-12-19/h3-6H,2,7-14H2,1H3. The Kier molecular flexibility index (Phi) is 6.68. The summed E-state index contributed by atoms with van der Waals surface area (Å²) in [5.41, 5.74) is 0. The van der Waals surface area contributed by atoms with E-state index in [1.54, 1.807) is 6.92 Å². The molecule has 2 fully saturated rings. The molecule has 0 amide bonds. The van der Waals surface area contributed by atoms with Gasteiger partial charge in [0.25, 0.3) is 0 Å². The number of rotatable bonds is 6. The van der Waals surface area contributed by atoms with Crippen LogP contribution in [0.3, 0.4) is 0 Å². The molecule has 0 aromatic heterocycles. The van der Waals surface area contributed by atoms with Gasteiger partial charge in [-0.1, -0.05) is 0 Å². The molecule has 0 N–H and O–H groups in total. The minimum atomic E-state index is -3.84. The van der Waals surface area contributed by atoms with E-state index in [0.29, 0.717) is 13.2 Å². The van der Waals surface area contributed by atoms with Crippen LogP contribution < -0.4 is 0 Å². The van der Waals surface area contributed by atoms with Crippen LogP contribution in [0.2, 0.25) is 0 Å². The largest absolute Gasteiger partial charge is 0.379 e. The Morgan fingerprint density at radius 3 is 1.48 bits per heavy atom. The highest BCUT2D eigenvalue weighted by Crippen LogP contribution is 2.23. The third kappa shape index (κ3) is 4.65. The van der Waals surface area contributed by atoms with E-state index in [2.05, 4.69) is 0 Å². The molecule has 0 saturated carbocycles. The molecule has 0 unspecified atom stereocenters. The first-order valence-corrected chi connectivity index (χ1v) is 13.7. The lowest BCUT2D eigenvalue weighted by Gasteiger charge is -2.33. The van der Waals surface area contributed by atoms with E-state index in [1.165, 1.54) is 37.2 Å². The summed E-state index contributed by atoms with van der Waals surface area (Å²) >= 11 is 0. The van der Waals surface area contributed by atoms with Gasteiger partial charge in [-0.15, -0.1) is 0 Å². The number of ether oxygens (including phenoxy) is 1. The molecule has 0 bridgehead atoms. The summed E-state index contributed by atoms with van der Waals surface area (Å²) < 4.78 is 83.9. The molecule has 3 rings (SSSR count). The van der Waals surface area contributed by atoms with Gasteiger partial charge < -0.3 is 4.74 Å². The molecule has 29 heavy (non-hydrogen) atoms. The lowest BCUT2D eigenvalue weighted by molar-refractivity contribution is 0.0730. The predicted molar refractivity (Wildman–Crippen MR) is 106 cm³/mol. The minimum Gasteiger partial charge on any atom is -0.379 e. The zero-order chi connectivity index (χ0) is 21.3. The summed E-state index contributed by atoms with van der Waals surface area (Å²) in [5, 5.41) is 0. The molecule has 0 aliphatic carbocycles. The highest BCUT2D eigenvalue weighted by molar-refractivity contribution is 7.90. The average Bonchev–Trinajstić information content (AvgIpc) is 2.74. The number of sulfonamides is 3. The Morgan fingerprint density at radius 2 is 1.07 bits per heavy atom. The fraction of sp³-hybridized carbons (Fsp3) is 0.625. The monoisotopic (exact) mass is 467 g/mol. The van der Waals surface area contributed by atoms with Crippen LogP contribution in [-0.2, 0) is 34.8 Å². The number of morpholine rings is 1. The van der Waals surface area contributed by atoms with Crippen molar-refractivity contribution in [3.8, 4) is 0 Å². The SMILES string of the molecule is CCS(=O)(=O)N1CCN(S(=O)(=O)c2ccc(S(=O)(=O)N3CCOCC3)cc2)CC1. The molecule has 164 valence electrons. The van der Waals surface area contributed by atoms with E-state index in [4.69, 9.17) is 4.74 Å². The van der Waals surface area contributed by atoms with Gasteiger partial charge in [-0.05, 0) is 31.2 Å². The molecule has 2 aliphatic rings. The molecule has 2 saturated heterocycles. The predicted octanol–water partition coefficient (Wildman–Crippen LogP) is -0.636. The van der Waals surface area contributed by atoms with Crippen molar-refractivity contribution in [3.63, 3.8) is 0 Å². The zero-order valence-corrected chi connectivity index (χ0v) is 18.5. The van der Waals surface area contributed by atoms with Crippen molar-refractivity contribution in [2.75, 3.05) is 58.2 Å². The highest BCUT2D eigenvalue weighted by Gasteiger charge is 2.33. The van der Waals surface area contributed by atoms with E-state index in [1.807, 2.05) is 0 Å². The van der Waals surface area contributed by atoms with Gasteiger partial charge in [-0.25, -0.2) is 25.3 Å². The molecule has 0 spiro atoms. The van der Waals surface area contributed by atoms with Crippen molar-refractivity contribution >= 4 is 30.1 Å². The van der Waals surface area contributed by atoms with Gasteiger partial charge in [0.1, 0.15) is 0 Å². The first-order chi connectivity index (χ1) is 13.6. The lowest BCUT2D eigenvalue weighted by Crippen LogP contribution is -2.50. The Morgan fingerprint density at radius 1 is 0.690 bits per heavy atom. The molecule has 1 aromatic rings. The van der Waals surface area contributed by atoms with Gasteiger partial charge in [0.2, 0.25) is 30.1 Å². The number of piperazine rings is 1. The summed E-state index contributed by atoms with van der Waals surface area (Å²) in [6.07, 6.45) is 0. The molecular weight excluding hydrogens is 442 g/mol. The van der Waals surface area contributed by atoms with E-state index < -0.39 is 30.1 Å². The Hall–Kier alpha value is -1.09. The molecule has 10 nitrogen and oxygen atoms in total. The van der Waals surface area contributed by atoms with Crippen molar-refractivity contribution in [2.24, 2.45) is 0 Å². The molecule has 1 aromatic carbocycles. The number of hydrogen-bond acceptors (Lipinski definition) is 7. The van der Waals surface area contributed by atoms with Gasteiger partial charge in [0.15, 0.2) is 0 Å². The average molecular weight is 468 g/mol. The van der Waals surface area contributed by atoms with E-state index in [9.17, 15) is 25.3 Å². The van der Waals surface area contributed by atoms with Crippen molar-refractivity contribution in [1.82, 2.24) is 12.9 Å². The van der Waals surface area contributed by atoms with Crippen LogP contribution in [0.15, 0.2) is 34.1 Å². The van der Waals surface area contributed by atoms with E-state index in [0.717, 1.165) is 0 Å². The van der Waals surface area contributed by atoms with Crippen LogP contribution in [-0.4, -0.2) is 96.4 Å². The van der Waals surface area contributed by atoms with Crippen LogP contribution >= 0.6 is 0 Å². The van der Waals surface area contributed by atoms with Gasteiger partial charge in [-0.2, -0.15) is 12.9 Å². The van der Waals surface area contributed by atoms with Gasteiger partial charge in [0, 0.05) is 39.3 Å². The normalized spacial score (nSPS) is 21.3. The second kappa shape index (κ2) is 8.57. The van der Waals surface area contributed by atoms with Crippen LogP contribution in [0.25, 0.3) is 0 Å². The Labute approximate surface area is 172 Å². The minimum absolute atomic E-state index is 0.0229. The van der Waals surface area contributed by atoms with Crippen LogP contribution in [0.4, 0.5) is 0 Å². The summed E-state index contributed by atoms with van der Waals surface area (Å²) in [5.74, 6) is -0.0289. The first kappa shape index (κ1) is 22.6. The fourth-order valence-electron chi connectivity index (χ4n) is 3.24. The first-order valence-electron chi connectivity index (χ1n) is 9.25. The van der Waals surface area contributed by atoms with Gasteiger partial charge in [-0.3, -0.25) is 0 Å². The topological polar surface area (TPSA) is 121 Å². The quantitative estimate of drug-likeness (QED) is 0.546. The van der Waals surface area contributed by atoms with Crippen LogP contribution in [0.1, 0.15) is 6.92 Å². The second-order valence-electron chi connectivity index (χ2n) is 6.69. The summed E-state index contributed by atoms with van der Waals surface area (Å²) in [6, 6.07) is 5.13. The molecule has 0 radical (unpaired) electrons. The van der Waals surface area contributed by atoms with E-state index >= 15 is 0 Å². The van der Waals surface area contributed by atoms with Crippen molar-refractivity contribution in [2.45, 2.75) is 16.7 Å². The highest BCUT2D eigenvalue weighted by atomic mass is 32.2. The third-order valence-electron chi connectivity index (χ3n) is 5.03. The smallest absolute Gasteiger partial charge is 0.243 e. The van der Waals surface area contributed by atoms with Crippen LogP contribution in [0.5, 0.6) is 0 Å². The summed E-state index contributed by atoms with van der Waals surface area (Å²) in [4.78, 5) is 0.00225. The number of nitrogens with zero attached hydrogens (tertiary/aromatic N) is 3. The maximum Gasteiger partial charge on any atom is 0.243 e.